The van der Waals surface area contributed by atoms with Gasteiger partial charge in [-0.1, -0.05) is 42.5 Å². The van der Waals surface area contributed by atoms with Gasteiger partial charge in [-0.05, 0) is 37.6 Å². The molecule has 0 saturated heterocycles. The van der Waals surface area contributed by atoms with E-state index in [4.69, 9.17) is 5.14 Å². The zero-order chi connectivity index (χ0) is 19.3. The summed E-state index contributed by atoms with van der Waals surface area (Å²) in [5.74, 6) is 0. The van der Waals surface area contributed by atoms with E-state index in [1.165, 1.54) is 12.1 Å². The fraction of sp³-hybridized carbons (Fsp3) is 0.263. The number of hydrogen-bond acceptors (Lipinski definition) is 5. The molecule has 3 aromatic rings. The molecule has 142 valence electrons. The molecule has 0 bridgehead atoms. The van der Waals surface area contributed by atoms with Crippen molar-refractivity contribution in [1.29, 1.82) is 0 Å². The molecule has 27 heavy (non-hydrogen) atoms. The van der Waals surface area contributed by atoms with Crippen LogP contribution >= 0.6 is 0 Å². The number of aryl methyl sites for hydroxylation is 1. The second-order valence-electron chi connectivity index (χ2n) is 6.17. The number of nitrogens with one attached hydrogen (secondary N) is 1. The zero-order valence-corrected chi connectivity index (χ0v) is 16.0. The number of benzene rings is 2. The van der Waals surface area contributed by atoms with Crippen molar-refractivity contribution in [3.63, 3.8) is 0 Å². The van der Waals surface area contributed by atoms with E-state index in [1.54, 1.807) is 16.9 Å². The average molecular weight is 385 g/mol. The molecule has 0 aliphatic rings. The maximum Gasteiger partial charge on any atom is 0.238 e. The third-order valence-corrected chi connectivity index (χ3v) is 5.12. The Hall–Kier alpha value is -2.55. The topological polar surface area (TPSA) is 103 Å². The van der Waals surface area contributed by atoms with Crippen LogP contribution in [0.15, 0.2) is 59.5 Å². The highest BCUT2D eigenvalue weighted by atomic mass is 32.2. The van der Waals surface area contributed by atoms with E-state index < -0.39 is 10.0 Å². The lowest BCUT2D eigenvalue weighted by atomic mass is 10.1. The van der Waals surface area contributed by atoms with Crippen LogP contribution in [0.25, 0.3) is 11.3 Å². The van der Waals surface area contributed by atoms with Crippen LogP contribution in [0.1, 0.15) is 18.2 Å². The first-order valence-electron chi connectivity index (χ1n) is 8.79. The van der Waals surface area contributed by atoms with Gasteiger partial charge in [0.1, 0.15) is 11.4 Å². The van der Waals surface area contributed by atoms with Crippen molar-refractivity contribution < 1.29 is 8.42 Å². The highest BCUT2D eigenvalue weighted by molar-refractivity contribution is 7.89. The van der Waals surface area contributed by atoms with Crippen LogP contribution in [0.5, 0.6) is 0 Å². The Kier molecular flexibility index (Phi) is 6.00. The predicted octanol–water partition coefficient (Wildman–Crippen LogP) is 1.94. The first-order valence-corrected chi connectivity index (χ1v) is 10.3. The van der Waals surface area contributed by atoms with Crippen molar-refractivity contribution in [2.24, 2.45) is 5.14 Å². The Labute approximate surface area is 159 Å². The smallest absolute Gasteiger partial charge is 0.238 e. The molecule has 0 spiro atoms. The van der Waals surface area contributed by atoms with E-state index in [1.807, 2.05) is 37.3 Å². The largest absolute Gasteiger partial charge is 0.311 e. The van der Waals surface area contributed by atoms with Gasteiger partial charge < -0.3 is 5.32 Å². The van der Waals surface area contributed by atoms with Crippen LogP contribution in [0.3, 0.4) is 0 Å². The van der Waals surface area contributed by atoms with Gasteiger partial charge in [-0.15, -0.1) is 0 Å². The van der Waals surface area contributed by atoms with Crippen molar-refractivity contribution in [3.05, 3.63) is 65.9 Å². The van der Waals surface area contributed by atoms with Crippen molar-refractivity contribution in [1.82, 2.24) is 20.3 Å². The molecule has 0 fully saturated rings. The van der Waals surface area contributed by atoms with E-state index in [0.29, 0.717) is 6.54 Å². The molecule has 3 rings (SSSR count). The number of primary sulfonamides is 1. The molecule has 0 unspecified atom stereocenters. The van der Waals surface area contributed by atoms with E-state index in [-0.39, 0.29) is 4.90 Å². The van der Waals surface area contributed by atoms with Crippen molar-refractivity contribution >= 4 is 10.0 Å². The monoisotopic (exact) mass is 385 g/mol. The molecule has 0 radical (unpaired) electrons. The van der Waals surface area contributed by atoms with Crippen molar-refractivity contribution in [2.75, 3.05) is 6.54 Å². The SMILES string of the molecule is CCn1nc(CNCCc2ccc(S(N)(=O)=O)cc2)c(-c2ccccc2)n1. The maximum atomic E-state index is 11.3. The lowest BCUT2D eigenvalue weighted by molar-refractivity contribution is 0.558. The maximum absolute atomic E-state index is 11.3. The lowest BCUT2D eigenvalue weighted by Crippen LogP contribution is -2.18. The van der Waals surface area contributed by atoms with E-state index in [0.717, 1.165) is 42.0 Å². The molecular formula is C19H23N5O2S. The summed E-state index contributed by atoms with van der Waals surface area (Å²) in [7, 11) is -3.65. The van der Waals surface area contributed by atoms with Gasteiger partial charge in [0.15, 0.2) is 0 Å². The molecule has 1 aromatic heterocycles. The Morgan fingerprint density at radius 2 is 1.74 bits per heavy atom. The number of nitrogens with two attached hydrogens (primary N) is 1. The molecular weight excluding hydrogens is 362 g/mol. The van der Waals surface area contributed by atoms with Crippen LogP contribution in [0.4, 0.5) is 0 Å². The summed E-state index contributed by atoms with van der Waals surface area (Å²) in [6, 6.07) is 16.6. The fourth-order valence-corrected chi connectivity index (χ4v) is 3.26. The Balaban J connectivity index is 1.60. The number of sulfonamides is 1. The van der Waals surface area contributed by atoms with Gasteiger partial charge >= 0.3 is 0 Å². The van der Waals surface area contributed by atoms with Gasteiger partial charge in [-0.25, -0.2) is 13.6 Å². The highest BCUT2D eigenvalue weighted by Gasteiger charge is 2.12. The Morgan fingerprint density at radius 3 is 2.37 bits per heavy atom. The molecule has 2 aromatic carbocycles. The number of hydrogen-bond donors (Lipinski definition) is 2. The van der Waals surface area contributed by atoms with Crippen LogP contribution in [-0.4, -0.2) is 30.0 Å². The molecule has 8 heteroatoms. The molecule has 0 amide bonds. The predicted molar refractivity (Wildman–Crippen MR) is 104 cm³/mol. The minimum Gasteiger partial charge on any atom is -0.311 e. The highest BCUT2D eigenvalue weighted by Crippen LogP contribution is 2.19. The van der Waals surface area contributed by atoms with Crippen molar-refractivity contribution in [2.45, 2.75) is 31.3 Å². The van der Waals surface area contributed by atoms with Gasteiger partial charge in [0.25, 0.3) is 0 Å². The van der Waals surface area contributed by atoms with Crippen LogP contribution in [-0.2, 0) is 29.5 Å². The molecule has 3 N–H and O–H groups in total. The molecule has 0 atom stereocenters. The summed E-state index contributed by atoms with van der Waals surface area (Å²) in [6.45, 7) is 4.08. The number of nitrogens with zero attached hydrogens (tertiary/aromatic N) is 3. The third kappa shape index (κ3) is 5.00. The number of aromatic nitrogens is 3. The summed E-state index contributed by atoms with van der Waals surface area (Å²) in [6.07, 6.45) is 0.771. The number of rotatable bonds is 8. The Morgan fingerprint density at radius 1 is 1.04 bits per heavy atom. The minimum atomic E-state index is -3.65. The van der Waals surface area contributed by atoms with E-state index in [9.17, 15) is 8.42 Å². The average Bonchev–Trinajstić information content (AvgIpc) is 3.09. The fourth-order valence-electron chi connectivity index (χ4n) is 2.75. The first-order chi connectivity index (χ1) is 13.0. The zero-order valence-electron chi connectivity index (χ0n) is 15.2. The Bertz CT molecular complexity index is 983. The van der Waals surface area contributed by atoms with Crippen LogP contribution in [0.2, 0.25) is 0 Å². The molecule has 0 aliphatic heterocycles. The summed E-state index contributed by atoms with van der Waals surface area (Å²) < 4.78 is 22.6. The van der Waals surface area contributed by atoms with Gasteiger partial charge in [-0.2, -0.15) is 15.0 Å². The van der Waals surface area contributed by atoms with Gasteiger partial charge in [0, 0.05) is 12.1 Å². The quantitative estimate of drug-likeness (QED) is 0.577. The van der Waals surface area contributed by atoms with Gasteiger partial charge in [-0.3, -0.25) is 0 Å². The summed E-state index contributed by atoms with van der Waals surface area (Å²) in [4.78, 5) is 1.83. The lowest BCUT2D eigenvalue weighted by Gasteiger charge is -2.05. The molecule has 0 saturated carbocycles. The summed E-state index contributed by atoms with van der Waals surface area (Å²) >= 11 is 0. The second kappa shape index (κ2) is 8.43. The summed E-state index contributed by atoms with van der Waals surface area (Å²) in [5, 5.41) is 17.6. The minimum absolute atomic E-state index is 0.128. The normalized spacial score (nSPS) is 11.6. The summed E-state index contributed by atoms with van der Waals surface area (Å²) in [5.41, 5.74) is 3.89. The van der Waals surface area contributed by atoms with Gasteiger partial charge in [0.05, 0.1) is 11.4 Å². The molecule has 7 nitrogen and oxygen atoms in total. The second-order valence-corrected chi connectivity index (χ2v) is 7.73. The standard InChI is InChI=1S/C19H23N5O2S/c1-2-24-22-18(19(23-24)16-6-4-3-5-7-16)14-21-13-12-15-8-10-17(11-9-15)27(20,25)26/h3-11,21H,2,12-14H2,1H3,(H2,20,25,26). The van der Waals surface area contributed by atoms with Crippen LogP contribution in [0, 0.1) is 0 Å². The first kappa shape index (κ1) is 19.2. The van der Waals surface area contributed by atoms with E-state index in [2.05, 4.69) is 15.5 Å². The van der Waals surface area contributed by atoms with Gasteiger partial charge in [0.2, 0.25) is 10.0 Å². The van der Waals surface area contributed by atoms with E-state index >= 15 is 0 Å². The molecule has 0 aliphatic carbocycles. The van der Waals surface area contributed by atoms with Crippen molar-refractivity contribution in [3.8, 4) is 11.3 Å². The molecule has 1 heterocycles. The third-order valence-electron chi connectivity index (χ3n) is 4.19. The van der Waals surface area contributed by atoms with Crippen LogP contribution < -0.4 is 10.5 Å².